The fraction of sp³-hybridized carbons (Fsp3) is 1.00. The molecule has 2 saturated carbocycles. The zero-order valence-corrected chi connectivity index (χ0v) is 11.6. The molecular formula is C16H30O. The van der Waals surface area contributed by atoms with E-state index in [-0.39, 0.29) is 0 Å². The molecule has 0 aromatic heterocycles. The lowest BCUT2D eigenvalue weighted by Gasteiger charge is -2.37. The molecule has 0 N–H and O–H groups in total. The quantitative estimate of drug-likeness (QED) is 0.639. The second-order valence-corrected chi connectivity index (χ2v) is 6.24. The second-order valence-electron chi connectivity index (χ2n) is 6.24. The topological polar surface area (TPSA) is 9.23 Å². The summed E-state index contributed by atoms with van der Waals surface area (Å²) in [5, 5.41) is 0. The maximum Gasteiger partial charge on any atom is 0.0465 e. The molecule has 0 amide bonds. The average Bonchev–Trinajstić information content (AvgIpc) is 2.65. The molecule has 0 saturated heterocycles. The fourth-order valence-corrected chi connectivity index (χ4v) is 4.22. The SMILES string of the molecule is COCCC1CCCCC1C1CCCCCC1. The van der Waals surface area contributed by atoms with Crippen molar-refractivity contribution in [2.45, 2.75) is 70.6 Å². The second kappa shape index (κ2) is 7.41. The first-order valence-corrected chi connectivity index (χ1v) is 7.90. The zero-order valence-electron chi connectivity index (χ0n) is 11.6. The van der Waals surface area contributed by atoms with Crippen LogP contribution in [0.1, 0.15) is 70.6 Å². The zero-order chi connectivity index (χ0) is 11.9. The summed E-state index contributed by atoms with van der Waals surface area (Å²) in [6, 6.07) is 0. The van der Waals surface area contributed by atoms with Crippen molar-refractivity contribution < 1.29 is 4.74 Å². The Morgan fingerprint density at radius 2 is 1.47 bits per heavy atom. The molecule has 2 aliphatic rings. The highest BCUT2D eigenvalue weighted by atomic mass is 16.5. The highest BCUT2D eigenvalue weighted by molar-refractivity contribution is 4.82. The van der Waals surface area contributed by atoms with Crippen molar-refractivity contribution in [2.24, 2.45) is 17.8 Å². The molecule has 0 aromatic rings. The molecule has 0 bridgehead atoms. The van der Waals surface area contributed by atoms with Gasteiger partial charge in [0.1, 0.15) is 0 Å². The molecule has 2 fully saturated rings. The van der Waals surface area contributed by atoms with E-state index in [0.717, 1.165) is 24.4 Å². The lowest BCUT2D eigenvalue weighted by atomic mass is 9.69. The summed E-state index contributed by atoms with van der Waals surface area (Å²) in [4.78, 5) is 0. The number of hydrogen-bond donors (Lipinski definition) is 0. The van der Waals surface area contributed by atoms with Crippen molar-refractivity contribution in [2.75, 3.05) is 13.7 Å². The summed E-state index contributed by atoms with van der Waals surface area (Å²) < 4.78 is 5.30. The highest BCUT2D eigenvalue weighted by Crippen LogP contribution is 2.42. The van der Waals surface area contributed by atoms with E-state index in [9.17, 15) is 0 Å². The van der Waals surface area contributed by atoms with Crippen LogP contribution >= 0.6 is 0 Å². The van der Waals surface area contributed by atoms with Gasteiger partial charge in [-0.15, -0.1) is 0 Å². The molecule has 2 aliphatic carbocycles. The van der Waals surface area contributed by atoms with Crippen molar-refractivity contribution in [1.82, 2.24) is 0 Å². The maximum absolute atomic E-state index is 5.30. The van der Waals surface area contributed by atoms with Crippen molar-refractivity contribution in [1.29, 1.82) is 0 Å². The third-order valence-corrected chi connectivity index (χ3v) is 5.17. The number of hydrogen-bond acceptors (Lipinski definition) is 1. The first-order chi connectivity index (χ1) is 8.42. The van der Waals surface area contributed by atoms with E-state index in [4.69, 9.17) is 4.74 Å². The van der Waals surface area contributed by atoms with Crippen LogP contribution in [-0.2, 0) is 4.74 Å². The van der Waals surface area contributed by atoms with Crippen LogP contribution in [0.3, 0.4) is 0 Å². The van der Waals surface area contributed by atoms with Crippen LogP contribution in [-0.4, -0.2) is 13.7 Å². The smallest absolute Gasteiger partial charge is 0.0465 e. The Hall–Kier alpha value is -0.0400. The van der Waals surface area contributed by atoms with Gasteiger partial charge in [-0.05, 0) is 30.6 Å². The maximum atomic E-state index is 5.30. The molecule has 0 radical (unpaired) electrons. The monoisotopic (exact) mass is 238 g/mol. The van der Waals surface area contributed by atoms with E-state index < -0.39 is 0 Å². The molecular weight excluding hydrogens is 208 g/mol. The first kappa shape index (κ1) is 13.4. The van der Waals surface area contributed by atoms with Crippen molar-refractivity contribution in [3.05, 3.63) is 0 Å². The van der Waals surface area contributed by atoms with Crippen LogP contribution < -0.4 is 0 Å². The first-order valence-electron chi connectivity index (χ1n) is 7.90. The summed E-state index contributed by atoms with van der Waals surface area (Å²) in [6.07, 6.45) is 16.3. The lowest BCUT2D eigenvalue weighted by Crippen LogP contribution is -2.27. The van der Waals surface area contributed by atoms with Gasteiger partial charge in [0.05, 0.1) is 0 Å². The molecule has 1 heteroatoms. The van der Waals surface area contributed by atoms with E-state index in [1.165, 1.54) is 70.6 Å². The van der Waals surface area contributed by atoms with Crippen molar-refractivity contribution >= 4 is 0 Å². The van der Waals surface area contributed by atoms with Crippen molar-refractivity contribution in [3.8, 4) is 0 Å². The summed E-state index contributed by atoms with van der Waals surface area (Å²) in [5.41, 5.74) is 0. The molecule has 1 nitrogen and oxygen atoms in total. The van der Waals surface area contributed by atoms with Crippen LogP contribution in [0.4, 0.5) is 0 Å². The van der Waals surface area contributed by atoms with Gasteiger partial charge in [-0.3, -0.25) is 0 Å². The third kappa shape index (κ3) is 3.98. The normalized spacial score (nSPS) is 32.3. The minimum Gasteiger partial charge on any atom is -0.385 e. The summed E-state index contributed by atoms with van der Waals surface area (Å²) in [7, 11) is 1.85. The Morgan fingerprint density at radius 3 is 2.18 bits per heavy atom. The van der Waals surface area contributed by atoms with Crippen molar-refractivity contribution in [3.63, 3.8) is 0 Å². The molecule has 0 heterocycles. The molecule has 0 aliphatic heterocycles. The predicted octanol–water partition coefficient (Wildman–Crippen LogP) is 4.80. The average molecular weight is 238 g/mol. The Morgan fingerprint density at radius 1 is 0.824 bits per heavy atom. The summed E-state index contributed by atoms with van der Waals surface area (Å²) in [6.45, 7) is 0.980. The fourth-order valence-electron chi connectivity index (χ4n) is 4.22. The largest absolute Gasteiger partial charge is 0.385 e. The van der Waals surface area contributed by atoms with E-state index in [2.05, 4.69) is 0 Å². The van der Waals surface area contributed by atoms with E-state index >= 15 is 0 Å². The molecule has 0 spiro atoms. The molecule has 0 aromatic carbocycles. The highest BCUT2D eigenvalue weighted by Gasteiger charge is 2.31. The van der Waals surface area contributed by atoms with Crippen LogP contribution in [0.5, 0.6) is 0 Å². The Kier molecular flexibility index (Phi) is 5.84. The molecule has 100 valence electrons. The molecule has 2 unspecified atom stereocenters. The lowest BCUT2D eigenvalue weighted by molar-refractivity contribution is 0.101. The van der Waals surface area contributed by atoms with Crippen LogP contribution in [0.2, 0.25) is 0 Å². The predicted molar refractivity (Wildman–Crippen MR) is 73.1 cm³/mol. The Labute approximate surface area is 107 Å². The van der Waals surface area contributed by atoms with Gasteiger partial charge in [0.15, 0.2) is 0 Å². The van der Waals surface area contributed by atoms with Gasteiger partial charge in [0.25, 0.3) is 0 Å². The van der Waals surface area contributed by atoms with Crippen LogP contribution in [0.15, 0.2) is 0 Å². The standard InChI is InChI=1S/C16H30O/c1-17-13-12-15-10-6-7-11-16(15)14-8-4-2-3-5-9-14/h14-16H,2-13H2,1H3. The summed E-state index contributed by atoms with van der Waals surface area (Å²) in [5.74, 6) is 3.07. The van der Waals surface area contributed by atoms with Gasteiger partial charge in [0.2, 0.25) is 0 Å². The van der Waals surface area contributed by atoms with Crippen LogP contribution in [0, 0.1) is 17.8 Å². The van der Waals surface area contributed by atoms with Gasteiger partial charge in [-0.1, -0.05) is 57.8 Å². The Balaban J connectivity index is 1.89. The van der Waals surface area contributed by atoms with E-state index in [1.807, 2.05) is 7.11 Å². The number of rotatable bonds is 4. The van der Waals surface area contributed by atoms with Gasteiger partial charge < -0.3 is 4.74 Å². The van der Waals surface area contributed by atoms with E-state index in [1.54, 1.807) is 0 Å². The number of methoxy groups -OCH3 is 1. The van der Waals surface area contributed by atoms with Gasteiger partial charge >= 0.3 is 0 Å². The van der Waals surface area contributed by atoms with Gasteiger partial charge in [-0.2, -0.15) is 0 Å². The Bertz CT molecular complexity index is 194. The van der Waals surface area contributed by atoms with E-state index in [0.29, 0.717) is 0 Å². The van der Waals surface area contributed by atoms with Crippen LogP contribution in [0.25, 0.3) is 0 Å². The minimum atomic E-state index is 0.979. The minimum absolute atomic E-state index is 0.979. The molecule has 2 rings (SSSR count). The number of ether oxygens (including phenoxy) is 1. The molecule has 17 heavy (non-hydrogen) atoms. The van der Waals surface area contributed by atoms with Gasteiger partial charge in [-0.25, -0.2) is 0 Å². The molecule has 2 atom stereocenters. The van der Waals surface area contributed by atoms with Gasteiger partial charge in [0, 0.05) is 13.7 Å². The summed E-state index contributed by atoms with van der Waals surface area (Å²) >= 11 is 0. The third-order valence-electron chi connectivity index (χ3n) is 5.17.